The molecule has 0 saturated carbocycles. The number of aromatic nitrogens is 3. The van der Waals surface area contributed by atoms with Gasteiger partial charge in [0.1, 0.15) is 11.5 Å². The smallest absolute Gasteiger partial charge is 0.191 e. The number of nitrogens with zero attached hydrogens (tertiary/aromatic N) is 3. The van der Waals surface area contributed by atoms with Crippen LogP contribution < -0.4 is 9.47 Å². The number of hydrogen-bond donors (Lipinski definition) is 0. The molecular formula is C22H25N3O3S. The van der Waals surface area contributed by atoms with E-state index >= 15 is 0 Å². The maximum Gasteiger partial charge on any atom is 0.191 e. The summed E-state index contributed by atoms with van der Waals surface area (Å²) in [6.07, 6.45) is 2.39. The lowest BCUT2D eigenvalue weighted by Crippen LogP contribution is -2.16. The molecule has 0 N–H and O–H groups in total. The van der Waals surface area contributed by atoms with Crippen LogP contribution in [0.25, 0.3) is 11.4 Å². The molecule has 4 rings (SSSR count). The van der Waals surface area contributed by atoms with Crippen LogP contribution >= 0.6 is 11.8 Å². The lowest BCUT2D eigenvalue weighted by Gasteiger charge is -2.15. The van der Waals surface area contributed by atoms with Crippen molar-refractivity contribution >= 4 is 11.8 Å². The van der Waals surface area contributed by atoms with Gasteiger partial charge in [0.25, 0.3) is 0 Å². The van der Waals surface area contributed by atoms with Crippen molar-refractivity contribution in [3.05, 3.63) is 54.1 Å². The summed E-state index contributed by atoms with van der Waals surface area (Å²) >= 11 is 1.68. The summed E-state index contributed by atoms with van der Waals surface area (Å²) in [5, 5.41) is 9.89. The lowest BCUT2D eigenvalue weighted by molar-refractivity contribution is 0.0953. The largest absolute Gasteiger partial charge is 0.497 e. The molecule has 1 fully saturated rings. The minimum atomic E-state index is 0.208. The third-order valence-electron chi connectivity index (χ3n) is 4.98. The van der Waals surface area contributed by atoms with E-state index in [9.17, 15) is 0 Å². The zero-order valence-corrected chi connectivity index (χ0v) is 17.5. The molecule has 2 aromatic carbocycles. The molecule has 1 unspecified atom stereocenters. The van der Waals surface area contributed by atoms with Gasteiger partial charge >= 0.3 is 0 Å². The van der Waals surface area contributed by atoms with Gasteiger partial charge in [-0.2, -0.15) is 0 Å². The second-order valence-corrected chi connectivity index (χ2v) is 7.86. The van der Waals surface area contributed by atoms with Gasteiger partial charge in [0.15, 0.2) is 11.0 Å². The maximum absolute atomic E-state index is 5.88. The molecule has 3 aromatic rings. The van der Waals surface area contributed by atoms with Crippen LogP contribution in [0.5, 0.6) is 11.5 Å². The predicted octanol–water partition coefficient (Wildman–Crippen LogP) is 4.43. The molecular weight excluding hydrogens is 386 g/mol. The Morgan fingerprint density at radius 2 is 1.90 bits per heavy atom. The minimum Gasteiger partial charge on any atom is -0.497 e. The van der Waals surface area contributed by atoms with E-state index in [1.807, 2.05) is 36.4 Å². The Labute approximate surface area is 175 Å². The Bertz CT molecular complexity index is 937. The van der Waals surface area contributed by atoms with Crippen molar-refractivity contribution in [3.8, 4) is 22.9 Å². The topological polar surface area (TPSA) is 58.4 Å². The fraction of sp³-hybridized carbons (Fsp3) is 0.364. The molecule has 1 saturated heterocycles. The van der Waals surface area contributed by atoms with Gasteiger partial charge in [0, 0.05) is 17.9 Å². The number of methoxy groups -OCH3 is 2. The molecule has 29 heavy (non-hydrogen) atoms. The molecule has 0 spiro atoms. The first-order valence-corrected chi connectivity index (χ1v) is 10.7. The zero-order valence-electron chi connectivity index (χ0n) is 16.7. The van der Waals surface area contributed by atoms with E-state index in [0.29, 0.717) is 0 Å². The van der Waals surface area contributed by atoms with Crippen molar-refractivity contribution in [3.63, 3.8) is 0 Å². The van der Waals surface area contributed by atoms with E-state index in [1.54, 1.807) is 26.0 Å². The van der Waals surface area contributed by atoms with Crippen LogP contribution in [0.3, 0.4) is 0 Å². The van der Waals surface area contributed by atoms with Gasteiger partial charge in [-0.25, -0.2) is 0 Å². The summed E-state index contributed by atoms with van der Waals surface area (Å²) in [5.41, 5.74) is 2.21. The maximum atomic E-state index is 5.88. The van der Waals surface area contributed by atoms with E-state index in [-0.39, 0.29) is 6.10 Å². The molecule has 0 bridgehead atoms. The fourth-order valence-electron chi connectivity index (χ4n) is 3.42. The molecule has 1 atom stereocenters. The number of thioether (sulfide) groups is 1. The quantitative estimate of drug-likeness (QED) is 0.511. The standard InChI is InChI=1S/C22H25N3O3S/c1-26-18-10-8-17(9-11-18)21-23-24-22(25(21)14-20-7-4-12-28-20)29-15-16-5-3-6-19(13-16)27-2/h3,5-6,8-11,13,20H,4,7,12,14-15H2,1-2H3. The van der Waals surface area contributed by atoms with Crippen molar-refractivity contribution in [2.75, 3.05) is 20.8 Å². The molecule has 152 valence electrons. The summed E-state index contributed by atoms with van der Waals surface area (Å²) in [5.74, 6) is 3.34. The van der Waals surface area contributed by atoms with Crippen LogP contribution in [-0.2, 0) is 17.0 Å². The molecule has 0 aliphatic carbocycles. The van der Waals surface area contributed by atoms with Gasteiger partial charge in [-0.1, -0.05) is 23.9 Å². The Morgan fingerprint density at radius 1 is 1.07 bits per heavy atom. The summed E-state index contributed by atoms with van der Waals surface area (Å²) in [7, 11) is 3.36. The predicted molar refractivity (Wildman–Crippen MR) is 114 cm³/mol. The van der Waals surface area contributed by atoms with E-state index < -0.39 is 0 Å². The van der Waals surface area contributed by atoms with Crippen LogP contribution in [0.1, 0.15) is 18.4 Å². The first-order chi connectivity index (χ1) is 14.3. The van der Waals surface area contributed by atoms with Crippen LogP contribution in [0.15, 0.2) is 53.7 Å². The Kier molecular flexibility index (Phi) is 6.36. The highest BCUT2D eigenvalue weighted by atomic mass is 32.2. The normalized spacial score (nSPS) is 16.1. The second-order valence-electron chi connectivity index (χ2n) is 6.92. The average molecular weight is 412 g/mol. The van der Waals surface area contributed by atoms with E-state index in [2.05, 4.69) is 26.9 Å². The molecule has 0 radical (unpaired) electrons. The van der Waals surface area contributed by atoms with E-state index in [4.69, 9.17) is 14.2 Å². The molecule has 6 nitrogen and oxygen atoms in total. The van der Waals surface area contributed by atoms with E-state index in [0.717, 1.165) is 59.8 Å². The van der Waals surface area contributed by atoms with Crippen molar-refractivity contribution in [1.29, 1.82) is 0 Å². The van der Waals surface area contributed by atoms with Gasteiger partial charge in [-0.3, -0.25) is 4.57 Å². The van der Waals surface area contributed by atoms with E-state index in [1.165, 1.54) is 5.56 Å². The Hall–Kier alpha value is -2.51. The Balaban J connectivity index is 1.58. The number of ether oxygens (including phenoxy) is 3. The third-order valence-corrected chi connectivity index (χ3v) is 6.02. The summed E-state index contributed by atoms with van der Waals surface area (Å²) in [6.45, 7) is 1.59. The highest BCUT2D eigenvalue weighted by Gasteiger charge is 2.22. The van der Waals surface area contributed by atoms with Crippen LogP contribution in [0, 0.1) is 0 Å². The minimum absolute atomic E-state index is 0.208. The SMILES string of the molecule is COc1ccc(-c2nnc(SCc3cccc(OC)c3)n2CC2CCCO2)cc1. The summed E-state index contributed by atoms with van der Waals surface area (Å²) in [4.78, 5) is 0. The molecule has 0 amide bonds. The monoisotopic (exact) mass is 411 g/mol. The summed E-state index contributed by atoms with van der Waals surface area (Å²) < 4.78 is 18.7. The van der Waals surface area contributed by atoms with Gasteiger partial charge in [-0.05, 0) is 54.8 Å². The van der Waals surface area contributed by atoms with Gasteiger partial charge < -0.3 is 14.2 Å². The Morgan fingerprint density at radius 3 is 2.62 bits per heavy atom. The second kappa shape index (κ2) is 9.33. The van der Waals surface area contributed by atoms with Crippen LogP contribution in [0.2, 0.25) is 0 Å². The highest BCUT2D eigenvalue weighted by Crippen LogP contribution is 2.29. The van der Waals surface area contributed by atoms with Gasteiger partial charge in [0.2, 0.25) is 0 Å². The first kappa shape index (κ1) is 19.8. The third kappa shape index (κ3) is 4.74. The highest BCUT2D eigenvalue weighted by molar-refractivity contribution is 7.98. The summed E-state index contributed by atoms with van der Waals surface area (Å²) in [6, 6.07) is 16.0. The van der Waals surface area contributed by atoms with Gasteiger partial charge in [-0.15, -0.1) is 10.2 Å². The van der Waals surface area contributed by atoms with Crippen LogP contribution in [-0.4, -0.2) is 41.7 Å². The molecule has 7 heteroatoms. The number of rotatable bonds is 8. The molecule has 1 aromatic heterocycles. The lowest BCUT2D eigenvalue weighted by atomic mass is 10.2. The zero-order chi connectivity index (χ0) is 20.1. The molecule has 1 aliphatic heterocycles. The first-order valence-electron chi connectivity index (χ1n) is 9.72. The molecule has 2 heterocycles. The number of hydrogen-bond acceptors (Lipinski definition) is 6. The average Bonchev–Trinajstić information content (AvgIpc) is 3.43. The number of benzene rings is 2. The van der Waals surface area contributed by atoms with Crippen molar-refractivity contribution in [2.24, 2.45) is 0 Å². The molecule has 1 aliphatic rings. The van der Waals surface area contributed by atoms with Crippen LogP contribution in [0.4, 0.5) is 0 Å². The van der Waals surface area contributed by atoms with Crippen molar-refractivity contribution < 1.29 is 14.2 Å². The van der Waals surface area contributed by atoms with Gasteiger partial charge in [0.05, 0.1) is 26.9 Å². The van der Waals surface area contributed by atoms with Crippen molar-refractivity contribution in [2.45, 2.75) is 36.4 Å². The van der Waals surface area contributed by atoms with Crippen molar-refractivity contribution in [1.82, 2.24) is 14.8 Å². The fourth-order valence-corrected chi connectivity index (χ4v) is 4.31.